The Hall–Kier alpha value is -0.850. The molecule has 4 atom stereocenters. The fraction of sp³-hybridized carbons (Fsp3) is 0.765. The summed E-state index contributed by atoms with van der Waals surface area (Å²) in [6, 6.07) is 1.63. The summed E-state index contributed by atoms with van der Waals surface area (Å²) in [4.78, 5) is 12.4. The quantitative estimate of drug-likeness (QED) is 0.495. The number of carbonyl (C=O) groups excluding carboxylic acids is 1. The van der Waals surface area contributed by atoms with E-state index < -0.39 is 16.1 Å². The highest BCUT2D eigenvalue weighted by atomic mass is 35.6. The van der Waals surface area contributed by atoms with Crippen LogP contribution in [0.1, 0.15) is 45.8 Å². The fourth-order valence-electron chi connectivity index (χ4n) is 3.32. The van der Waals surface area contributed by atoms with Gasteiger partial charge in [0.25, 0.3) is 0 Å². The lowest BCUT2D eigenvalue weighted by atomic mass is 9.75. The molecule has 0 bridgehead atoms. The molecule has 26 heavy (non-hydrogen) atoms. The molecule has 0 unspecified atom stereocenters. The molecule has 6 nitrogen and oxygen atoms in total. The summed E-state index contributed by atoms with van der Waals surface area (Å²) in [5.41, 5.74) is 0. The van der Waals surface area contributed by atoms with Crippen molar-refractivity contribution in [3.05, 3.63) is 11.8 Å². The molecular formula is C17H26Cl3N3O3. The first kappa shape index (κ1) is 21.5. The molecule has 1 saturated carbocycles. The second-order valence-corrected chi connectivity index (χ2v) is 9.72. The van der Waals surface area contributed by atoms with Gasteiger partial charge in [0.1, 0.15) is 11.9 Å². The summed E-state index contributed by atoms with van der Waals surface area (Å²) in [7, 11) is 0. The maximum absolute atomic E-state index is 12.4. The summed E-state index contributed by atoms with van der Waals surface area (Å²) in [6.45, 7) is 8.20. The first-order valence-corrected chi connectivity index (χ1v) is 9.93. The number of nitrogens with zero attached hydrogens (tertiary/aromatic N) is 1. The molecule has 148 valence electrons. The molecule has 1 aliphatic rings. The zero-order chi connectivity index (χ0) is 19.5. The first-order chi connectivity index (χ1) is 12.1. The van der Waals surface area contributed by atoms with Crippen LogP contribution in [0, 0.1) is 24.7 Å². The number of carbonyl (C=O) groups is 1. The van der Waals surface area contributed by atoms with Crippen LogP contribution in [0.4, 0.5) is 10.6 Å². The topological polar surface area (TPSA) is 76.4 Å². The molecule has 1 heterocycles. The minimum Gasteiger partial charge on any atom is -0.446 e. The van der Waals surface area contributed by atoms with E-state index in [4.69, 9.17) is 44.1 Å². The van der Waals surface area contributed by atoms with E-state index in [1.165, 1.54) is 0 Å². The van der Waals surface area contributed by atoms with Gasteiger partial charge in [-0.25, -0.2) is 4.79 Å². The van der Waals surface area contributed by atoms with Crippen molar-refractivity contribution in [3.8, 4) is 0 Å². The number of alkyl halides is 3. The van der Waals surface area contributed by atoms with Crippen LogP contribution in [0.2, 0.25) is 0 Å². The molecule has 0 aliphatic heterocycles. The largest absolute Gasteiger partial charge is 0.446 e. The molecule has 1 aromatic rings. The first-order valence-electron chi connectivity index (χ1n) is 8.80. The van der Waals surface area contributed by atoms with Crippen molar-refractivity contribution in [2.75, 3.05) is 5.32 Å². The second kappa shape index (κ2) is 8.89. The van der Waals surface area contributed by atoms with Crippen molar-refractivity contribution >= 4 is 46.7 Å². The van der Waals surface area contributed by atoms with Gasteiger partial charge in [0.15, 0.2) is 12.0 Å². The smallest absolute Gasteiger partial charge is 0.409 e. The molecule has 0 radical (unpaired) electrons. The van der Waals surface area contributed by atoms with E-state index in [0.29, 0.717) is 29.3 Å². The number of hydrogen-bond acceptors (Lipinski definition) is 5. The van der Waals surface area contributed by atoms with Gasteiger partial charge in [-0.2, -0.15) is 0 Å². The van der Waals surface area contributed by atoms with Crippen LogP contribution in [0.15, 0.2) is 10.6 Å². The van der Waals surface area contributed by atoms with Crippen LogP contribution in [-0.2, 0) is 4.74 Å². The van der Waals surface area contributed by atoms with Crippen molar-refractivity contribution in [3.63, 3.8) is 0 Å². The Morgan fingerprint density at radius 3 is 2.62 bits per heavy atom. The molecule has 9 heteroatoms. The van der Waals surface area contributed by atoms with Gasteiger partial charge in [-0.1, -0.05) is 67.2 Å². The number of amides is 1. The minimum atomic E-state index is -1.80. The molecule has 1 aliphatic carbocycles. The van der Waals surface area contributed by atoms with E-state index in [-0.39, 0.29) is 6.10 Å². The third-order valence-electron chi connectivity index (χ3n) is 4.73. The van der Waals surface area contributed by atoms with Gasteiger partial charge in [0, 0.05) is 6.07 Å². The zero-order valence-electron chi connectivity index (χ0n) is 15.4. The predicted molar refractivity (Wildman–Crippen MR) is 104 cm³/mol. The molecule has 1 amide bonds. The minimum absolute atomic E-state index is 0.149. The third kappa shape index (κ3) is 6.10. The lowest BCUT2D eigenvalue weighted by molar-refractivity contribution is 0.00533. The summed E-state index contributed by atoms with van der Waals surface area (Å²) in [5, 5.41) is 9.21. The number of aromatic nitrogens is 1. The predicted octanol–water partition coefficient (Wildman–Crippen LogP) is 5.28. The SMILES string of the molecule is Cc1cc(N[C@H](NC(=O)O[C@H]2C[C@H](C)CC[C@@H]2C(C)C)C(Cl)(Cl)Cl)no1. The summed E-state index contributed by atoms with van der Waals surface area (Å²) in [5.74, 6) is 2.22. The van der Waals surface area contributed by atoms with Crippen molar-refractivity contribution in [2.24, 2.45) is 17.8 Å². The average molecular weight is 427 g/mol. The Balaban J connectivity index is 2.01. The Morgan fingerprint density at radius 1 is 1.38 bits per heavy atom. The number of anilines is 1. The van der Waals surface area contributed by atoms with Crippen molar-refractivity contribution in [1.29, 1.82) is 0 Å². The van der Waals surface area contributed by atoms with E-state index in [9.17, 15) is 4.79 Å². The number of nitrogens with one attached hydrogen (secondary N) is 2. The second-order valence-electron chi connectivity index (χ2n) is 7.36. The molecular weight excluding hydrogens is 401 g/mol. The number of aryl methyl sites for hydroxylation is 1. The van der Waals surface area contributed by atoms with Crippen LogP contribution >= 0.6 is 34.8 Å². The van der Waals surface area contributed by atoms with Gasteiger partial charge in [0.05, 0.1) is 0 Å². The van der Waals surface area contributed by atoms with Crippen LogP contribution in [0.25, 0.3) is 0 Å². The number of alkyl carbamates (subject to hydrolysis) is 1. The van der Waals surface area contributed by atoms with Gasteiger partial charge in [0.2, 0.25) is 3.79 Å². The van der Waals surface area contributed by atoms with Gasteiger partial charge in [-0.3, -0.25) is 5.32 Å². The molecule has 2 N–H and O–H groups in total. The van der Waals surface area contributed by atoms with E-state index >= 15 is 0 Å². The summed E-state index contributed by atoms with van der Waals surface area (Å²) >= 11 is 18.0. The van der Waals surface area contributed by atoms with E-state index in [1.54, 1.807) is 13.0 Å². The molecule has 2 rings (SSSR count). The fourth-order valence-corrected chi connectivity index (χ4v) is 3.65. The standard InChI is InChI=1S/C17H26Cl3N3O3/c1-9(2)12-6-5-10(3)7-13(12)25-16(24)22-15(17(18,19)20)21-14-8-11(4)26-23-14/h8-10,12-13,15H,5-7H2,1-4H3,(H,21,23)(H,22,24)/t10-,12-,13+,15-/m1/s1. The summed E-state index contributed by atoms with van der Waals surface area (Å²) in [6.07, 6.45) is 1.23. The number of hydrogen-bond donors (Lipinski definition) is 2. The lowest BCUT2D eigenvalue weighted by Gasteiger charge is -2.37. The van der Waals surface area contributed by atoms with Crippen molar-refractivity contribution in [1.82, 2.24) is 10.5 Å². The van der Waals surface area contributed by atoms with Crippen LogP contribution in [0.5, 0.6) is 0 Å². The molecule has 0 aromatic carbocycles. The Labute approximate surface area is 169 Å². The maximum atomic E-state index is 12.4. The highest BCUT2D eigenvalue weighted by Gasteiger charge is 2.37. The van der Waals surface area contributed by atoms with E-state index in [1.807, 2.05) is 0 Å². The molecule has 0 saturated heterocycles. The zero-order valence-corrected chi connectivity index (χ0v) is 17.7. The maximum Gasteiger partial charge on any atom is 0.409 e. The number of rotatable bonds is 5. The van der Waals surface area contributed by atoms with Gasteiger partial charge < -0.3 is 14.6 Å². The highest BCUT2D eigenvalue weighted by Crippen LogP contribution is 2.36. The Kier molecular flexibility index (Phi) is 7.34. The van der Waals surface area contributed by atoms with Gasteiger partial charge in [-0.05, 0) is 37.5 Å². The Bertz CT molecular complexity index is 604. The monoisotopic (exact) mass is 425 g/mol. The summed E-state index contributed by atoms with van der Waals surface area (Å²) < 4.78 is 8.86. The Morgan fingerprint density at radius 2 is 2.08 bits per heavy atom. The van der Waals surface area contributed by atoms with E-state index in [0.717, 1.165) is 19.3 Å². The average Bonchev–Trinajstić information content (AvgIpc) is 2.90. The molecule has 1 aromatic heterocycles. The van der Waals surface area contributed by atoms with Crippen LogP contribution in [0.3, 0.4) is 0 Å². The highest BCUT2D eigenvalue weighted by molar-refractivity contribution is 6.68. The van der Waals surface area contributed by atoms with Gasteiger partial charge in [-0.15, -0.1) is 0 Å². The van der Waals surface area contributed by atoms with Crippen molar-refractivity contribution in [2.45, 2.75) is 63.0 Å². The molecule has 0 spiro atoms. The van der Waals surface area contributed by atoms with Crippen LogP contribution in [-0.4, -0.2) is 27.3 Å². The van der Waals surface area contributed by atoms with Crippen molar-refractivity contribution < 1.29 is 14.1 Å². The van der Waals surface area contributed by atoms with E-state index in [2.05, 4.69) is 36.6 Å². The number of halogens is 3. The third-order valence-corrected chi connectivity index (χ3v) is 5.38. The number of ether oxygens (including phenoxy) is 1. The molecule has 1 fully saturated rings. The van der Waals surface area contributed by atoms with Crippen LogP contribution < -0.4 is 10.6 Å². The lowest BCUT2D eigenvalue weighted by Crippen LogP contribution is -2.50. The van der Waals surface area contributed by atoms with Gasteiger partial charge >= 0.3 is 6.09 Å². The normalized spacial score (nSPS) is 25.0.